The van der Waals surface area contributed by atoms with Crippen LogP contribution in [-0.4, -0.2) is 23.9 Å². The molecule has 4 heteroatoms. The highest BCUT2D eigenvalue weighted by molar-refractivity contribution is 5.73. The number of anilines is 1. The molecule has 1 aromatic rings. The summed E-state index contributed by atoms with van der Waals surface area (Å²) < 4.78 is 13.3. The first-order valence-electron chi connectivity index (χ1n) is 7.24. The van der Waals surface area contributed by atoms with Gasteiger partial charge in [0, 0.05) is 25.7 Å². The largest absolute Gasteiger partial charge is 0.399 e. The molecule has 0 unspecified atom stereocenters. The molecule has 1 aliphatic carbocycles. The van der Waals surface area contributed by atoms with E-state index in [4.69, 9.17) is 5.73 Å². The average Bonchev–Trinajstić information content (AvgIpc) is 2.43. The van der Waals surface area contributed by atoms with Gasteiger partial charge in [0.25, 0.3) is 0 Å². The van der Waals surface area contributed by atoms with Crippen LogP contribution in [0.4, 0.5) is 10.1 Å². The number of amides is 1. The van der Waals surface area contributed by atoms with Crippen molar-refractivity contribution in [2.24, 2.45) is 5.92 Å². The number of rotatable bonds is 3. The van der Waals surface area contributed by atoms with Gasteiger partial charge in [-0.15, -0.1) is 0 Å². The number of nitrogen functional groups attached to an aromatic ring is 1. The zero-order valence-corrected chi connectivity index (χ0v) is 12.2. The summed E-state index contributed by atoms with van der Waals surface area (Å²) in [6.07, 6.45) is 5.02. The van der Waals surface area contributed by atoms with Crippen molar-refractivity contribution in [3.8, 4) is 0 Å². The SMILES string of the molecule is CC(=O)N(C)[C@H]1CC[C@H](Cc2cc(F)ccc2N)CC1. The second-order valence-electron chi connectivity index (χ2n) is 5.85. The summed E-state index contributed by atoms with van der Waals surface area (Å²) >= 11 is 0. The van der Waals surface area contributed by atoms with E-state index in [0.717, 1.165) is 37.7 Å². The molecular weight excluding hydrogens is 255 g/mol. The third kappa shape index (κ3) is 3.50. The molecule has 2 N–H and O–H groups in total. The lowest BCUT2D eigenvalue weighted by atomic mass is 9.81. The van der Waals surface area contributed by atoms with Gasteiger partial charge in [-0.2, -0.15) is 0 Å². The van der Waals surface area contributed by atoms with Gasteiger partial charge in [-0.3, -0.25) is 4.79 Å². The minimum Gasteiger partial charge on any atom is -0.399 e. The van der Waals surface area contributed by atoms with Gasteiger partial charge in [0.05, 0.1) is 0 Å². The molecular formula is C16H23FN2O. The van der Waals surface area contributed by atoms with Crippen molar-refractivity contribution in [2.75, 3.05) is 12.8 Å². The van der Waals surface area contributed by atoms with Crippen molar-refractivity contribution >= 4 is 11.6 Å². The minimum absolute atomic E-state index is 0.128. The van der Waals surface area contributed by atoms with Crippen LogP contribution in [0.2, 0.25) is 0 Å². The van der Waals surface area contributed by atoms with E-state index in [1.807, 2.05) is 11.9 Å². The van der Waals surface area contributed by atoms with Gasteiger partial charge in [0.1, 0.15) is 5.82 Å². The molecule has 0 heterocycles. The van der Waals surface area contributed by atoms with Crippen LogP contribution in [0.25, 0.3) is 0 Å². The molecule has 0 atom stereocenters. The molecule has 0 bridgehead atoms. The Bertz CT molecular complexity index is 481. The number of halogens is 1. The standard InChI is InChI=1S/C16H23FN2O/c1-11(20)19(2)15-6-3-12(4-7-15)9-13-10-14(17)5-8-16(13)18/h5,8,10,12,15H,3-4,6-7,9,18H2,1-2H3/t12-,15-. The highest BCUT2D eigenvalue weighted by Crippen LogP contribution is 2.31. The van der Waals surface area contributed by atoms with Crippen molar-refractivity contribution < 1.29 is 9.18 Å². The smallest absolute Gasteiger partial charge is 0.219 e. The van der Waals surface area contributed by atoms with Crippen LogP contribution in [0.1, 0.15) is 38.2 Å². The monoisotopic (exact) mass is 278 g/mol. The van der Waals surface area contributed by atoms with Crippen LogP contribution in [0.15, 0.2) is 18.2 Å². The average molecular weight is 278 g/mol. The molecule has 0 saturated heterocycles. The highest BCUT2D eigenvalue weighted by atomic mass is 19.1. The van der Waals surface area contributed by atoms with Gasteiger partial charge in [0.15, 0.2) is 0 Å². The van der Waals surface area contributed by atoms with E-state index >= 15 is 0 Å². The number of hydrogen-bond donors (Lipinski definition) is 1. The van der Waals surface area contributed by atoms with Gasteiger partial charge in [-0.25, -0.2) is 4.39 Å². The van der Waals surface area contributed by atoms with Crippen molar-refractivity contribution in [1.29, 1.82) is 0 Å². The second kappa shape index (κ2) is 6.25. The lowest BCUT2D eigenvalue weighted by molar-refractivity contribution is -0.130. The van der Waals surface area contributed by atoms with Gasteiger partial charge >= 0.3 is 0 Å². The van der Waals surface area contributed by atoms with E-state index < -0.39 is 0 Å². The molecule has 20 heavy (non-hydrogen) atoms. The zero-order valence-electron chi connectivity index (χ0n) is 12.2. The summed E-state index contributed by atoms with van der Waals surface area (Å²) in [7, 11) is 1.87. The molecule has 1 fully saturated rings. The Labute approximate surface area is 120 Å². The Morgan fingerprint density at radius 1 is 1.35 bits per heavy atom. The van der Waals surface area contributed by atoms with Gasteiger partial charge in [0.2, 0.25) is 5.91 Å². The third-order valence-electron chi connectivity index (χ3n) is 4.47. The molecule has 2 rings (SSSR count). The molecule has 0 radical (unpaired) electrons. The van der Waals surface area contributed by atoms with Crippen molar-refractivity contribution in [1.82, 2.24) is 4.90 Å². The van der Waals surface area contributed by atoms with Crippen LogP contribution < -0.4 is 5.73 Å². The first-order valence-corrected chi connectivity index (χ1v) is 7.24. The van der Waals surface area contributed by atoms with Crippen LogP contribution in [0.3, 0.4) is 0 Å². The Morgan fingerprint density at radius 3 is 2.60 bits per heavy atom. The van der Waals surface area contributed by atoms with Crippen molar-refractivity contribution in [3.05, 3.63) is 29.6 Å². The molecule has 0 aromatic heterocycles. The topological polar surface area (TPSA) is 46.3 Å². The van der Waals surface area contributed by atoms with Gasteiger partial charge in [-0.05, 0) is 61.8 Å². The molecule has 3 nitrogen and oxygen atoms in total. The van der Waals surface area contributed by atoms with Crippen molar-refractivity contribution in [3.63, 3.8) is 0 Å². The number of carbonyl (C=O) groups is 1. The predicted molar refractivity (Wildman–Crippen MR) is 78.7 cm³/mol. The molecule has 1 aliphatic rings. The quantitative estimate of drug-likeness (QED) is 0.864. The van der Waals surface area contributed by atoms with Gasteiger partial charge < -0.3 is 10.6 Å². The molecule has 1 saturated carbocycles. The number of carbonyl (C=O) groups excluding carboxylic acids is 1. The molecule has 110 valence electrons. The maximum Gasteiger partial charge on any atom is 0.219 e. The summed E-state index contributed by atoms with van der Waals surface area (Å²) in [5.41, 5.74) is 7.49. The summed E-state index contributed by atoms with van der Waals surface area (Å²) in [5.74, 6) is 0.442. The second-order valence-corrected chi connectivity index (χ2v) is 5.85. The Kier molecular flexibility index (Phi) is 4.63. The summed E-state index contributed by atoms with van der Waals surface area (Å²) in [6, 6.07) is 4.94. The molecule has 0 aliphatic heterocycles. The normalized spacial score (nSPS) is 22.6. The Balaban J connectivity index is 1.91. The highest BCUT2D eigenvalue weighted by Gasteiger charge is 2.25. The lowest BCUT2D eigenvalue weighted by Gasteiger charge is -2.34. The van der Waals surface area contributed by atoms with E-state index in [9.17, 15) is 9.18 Å². The Hall–Kier alpha value is -1.58. The van der Waals surface area contributed by atoms with E-state index in [1.165, 1.54) is 6.07 Å². The zero-order chi connectivity index (χ0) is 14.7. The minimum atomic E-state index is -0.223. The summed E-state index contributed by atoms with van der Waals surface area (Å²) in [5, 5.41) is 0. The van der Waals surface area contributed by atoms with Crippen LogP contribution in [-0.2, 0) is 11.2 Å². The number of nitrogens with zero attached hydrogens (tertiary/aromatic N) is 1. The van der Waals surface area contributed by atoms with Crippen LogP contribution in [0.5, 0.6) is 0 Å². The molecule has 1 aromatic carbocycles. The fraction of sp³-hybridized carbons (Fsp3) is 0.562. The predicted octanol–water partition coefficient (Wildman–Crippen LogP) is 2.99. The fourth-order valence-corrected chi connectivity index (χ4v) is 3.06. The van der Waals surface area contributed by atoms with Crippen molar-refractivity contribution in [2.45, 2.75) is 45.1 Å². The van der Waals surface area contributed by atoms with E-state index in [-0.39, 0.29) is 11.7 Å². The Morgan fingerprint density at radius 2 is 2.00 bits per heavy atom. The maximum absolute atomic E-state index is 13.3. The molecule has 0 spiro atoms. The first-order chi connectivity index (χ1) is 9.47. The molecule has 1 amide bonds. The maximum atomic E-state index is 13.3. The van der Waals surface area contributed by atoms with Crippen LogP contribution in [0, 0.1) is 11.7 Å². The first kappa shape index (κ1) is 14.8. The fourth-order valence-electron chi connectivity index (χ4n) is 3.06. The van der Waals surface area contributed by atoms with Crippen LogP contribution >= 0.6 is 0 Å². The lowest BCUT2D eigenvalue weighted by Crippen LogP contribution is -2.38. The third-order valence-corrected chi connectivity index (χ3v) is 4.47. The van der Waals surface area contributed by atoms with E-state index in [0.29, 0.717) is 17.6 Å². The number of nitrogens with two attached hydrogens (primary N) is 1. The van der Waals surface area contributed by atoms with Gasteiger partial charge in [-0.1, -0.05) is 0 Å². The number of hydrogen-bond acceptors (Lipinski definition) is 2. The summed E-state index contributed by atoms with van der Waals surface area (Å²) in [4.78, 5) is 13.2. The van der Waals surface area contributed by atoms with E-state index in [2.05, 4.69) is 0 Å². The number of benzene rings is 1. The summed E-state index contributed by atoms with van der Waals surface area (Å²) in [6.45, 7) is 1.61. The van der Waals surface area contributed by atoms with E-state index in [1.54, 1.807) is 19.1 Å².